The molecule has 0 fully saturated rings. The van der Waals surface area contributed by atoms with Gasteiger partial charge < -0.3 is 10.2 Å². The second kappa shape index (κ2) is 7.59. The van der Waals surface area contributed by atoms with Crippen molar-refractivity contribution in [3.8, 4) is 0 Å². The van der Waals surface area contributed by atoms with E-state index in [1.54, 1.807) is 0 Å². The van der Waals surface area contributed by atoms with Gasteiger partial charge in [0.1, 0.15) is 5.82 Å². The number of nitrogens with one attached hydrogen (secondary N) is 1. The van der Waals surface area contributed by atoms with Crippen LogP contribution in [0.15, 0.2) is 66.7 Å². The van der Waals surface area contributed by atoms with E-state index in [9.17, 15) is 0 Å². The molecule has 0 aliphatic heterocycles. The van der Waals surface area contributed by atoms with Gasteiger partial charge in [0.2, 0.25) is 5.95 Å². The van der Waals surface area contributed by atoms with Crippen LogP contribution in [0.5, 0.6) is 0 Å². The monoisotopic (exact) mass is 318 g/mol. The smallest absolute Gasteiger partial charge is 0.232 e. The molecule has 3 rings (SSSR count). The molecule has 4 heteroatoms. The van der Waals surface area contributed by atoms with E-state index in [1.165, 1.54) is 5.56 Å². The highest BCUT2D eigenvalue weighted by Gasteiger charge is 2.11. The quantitative estimate of drug-likeness (QED) is 0.723. The van der Waals surface area contributed by atoms with E-state index >= 15 is 0 Å². The van der Waals surface area contributed by atoms with Crippen molar-refractivity contribution < 1.29 is 0 Å². The Kier molecular flexibility index (Phi) is 5.06. The van der Waals surface area contributed by atoms with Gasteiger partial charge in [-0.15, -0.1) is 0 Å². The van der Waals surface area contributed by atoms with Gasteiger partial charge >= 0.3 is 0 Å². The SMILES string of the molecule is CCN(c1ccccc1)c1nc(C)cc(NCc2ccccc2)n1. The average molecular weight is 318 g/mol. The molecule has 1 heterocycles. The first-order valence-corrected chi connectivity index (χ1v) is 8.22. The van der Waals surface area contributed by atoms with Crippen molar-refractivity contribution in [2.45, 2.75) is 20.4 Å². The van der Waals surface area contributed by atoms with E-state index in [0.717, 1.165) is 36.2 Å². The number of benzene rings is 2. The molecule has 1 N–H and O–H groups in total. The van der Waals surface area contributed by atoms with Gasteiger partial charge in [-0.25, -0.2) is 4.98 Å². The van der Waals surface area contributed by atoms with E-state index in [1.807, 2.05) is 49.4 Å². The summed E-state index contributed by atoms with van der Waals surface area (Å²) in [6, 6.07) is 22.5. The lowest BCUT2D eigenvalue weighted by atomic mass is 10.2. The van der Waals surface area contributed by atoms with E-state index in [2.05, 4.69) is 46.4 Å². The highest BCUT2D eigenvalue weighted by Crippen LogP contribution is 2.23. The maximum Gasteiger partial charge on any atom is 0.232 e. The van der Waals surface area contributed by atoms with Crippen LogP contribution < -0.4 is 10.2 Å². The molecule has 0 bridgehead atoms. The topological polar surface area (TPSA) is 41.1 Å². The predicted octanol–water partition coefficient (Wildman–Crippen LogP) is 4.56. The lowest BCUT2D eigenvalue weighted by Crippen LogP contribution is -2.19. The van der Waals surface area contributed by atoms with Gasteiger partial charge in [-0.2, -0.15) is 4.98 Å². The van der Waals surface area contributed by atoms with E-state index in [-0.39, 0.29) is 0 Å². The zero-order valence-electron chi connectivity index (χ0n) is 14.1. The summed E-state index contributed by atoms with van der Waals surface area (Å²) >= 11 is 0. The second-order valence-electron chi connectivity index (χ2n) is 5.61. The lowest BCUT2D eigenvalue weighted by molar-refractivity contribution is 0.930. The summed E-state index contributed by atoms with van der Waals surface area (Å²) in [6.07, 6.45) is 0. The third kappa shape index (κ3) is 3.90. The maximum absolute atomic E-state index is 4.70. The number of aromatic nitrogens is 2. The fourth-order valence-corrected chi connectivity index (χ4v) is 2.60. The minimum Gasteiger partial charge on any atom is -0.366 e. The van der Waals surface area contributed by atoms with Gasteiger partial charge in [0.15, 0.2) is 0 Å². The molecule has 0 radical (unpaired) electrons. The Bertz CT molecular complexity index is 772. The molecule has 4 nitrogen and oxygen atoms in total. The molecule has 0 spiro atoms. The molecule has 0 saturated carbocycles. The van der Waals surface area contributed by atoms with Gasteiger partial charge in [-0.05, 0) is 31.5 Å². The zero-order valence-corrected chi connectivity index (χ0v) is 14.1. The van der Waals surface area contributed by atoms with Crippen LogP contribution in [0.4, 0.5) is 17.5 Å². The third-order valence-corrected chi connectivity index (χ3v) is 3.78. The van der Waals surface area contributed by atoms with Crippen molar-refractivity contribution in [3.05, 3.63) is 78.0 Å². The Labute approximate surface area is 143 Å². The number of para-hydroxylation sites is 1. The third-order valence-electron chi connectivity index (χ3n) is 3.78. The molecule has 3 aromatic rings. The van der Waals surface area contributed by atoms with Gasteiger partial charge in [-0.1, -0.05) is 48.5 Å². The van der Waals surface area contributed by atoms with Crippen molar-refractivity contribution in [1.29, 1.82) is 0 Å². The van der Waals surface area contributed by atoms with Crippen LogP contribution in [-0.4, -0.2) is 16.5 Å². The summed E-state index contributed by atoms with van der Waals surface area (Å²) in [5.74, 6) is 1.56. The van der Waals surface area contributed by atoms with Crippen LogP contribution >= 0.6 is 0 Å². The van der Waals surface area contributed by atoms with Gasteiger partial charge in [-0.3, -0.25) is 0 Å². The number of rotatable bonds is 6. The van der Waals surface area contributed by atoms with Crippen LogP contribution in [-0.2, 0) is 6.54 Å². The van der Waals surface area contributed by atoms with Crippen molar-refractivity contribution in [2.75, 3.05) is 16.8 Å². The van der Waals surface area contributed by atoms with Crippen molar-refractivity contribution in [2.24, 2.45) is 0 Å². The number of aryl methyl sites for hydroxylation is 1. The van der Waals surface area contributed by atoms with E-state index < -0.39 is 0 Å². The number of hydrogen-bond acceptors (Lipinski definition) is 4. The largest absolute Gasteiger partial charge is 0.366 e. The Morgan fingerprint density at radius 2 is 1.58 bits per heavy atom. The second-order valence-corrected chi connectivity index (χ2v) is 5.61. The first-order chi connectivity index (χ1) is 11.8. The van der Waals surface area contributed by atoms with Crippen LogP contribution in [0.25, 0.3) is 0 Å². The number of hydrogen-bond donors (Lipinski definition) is 1. The molecule has 0 saturated heterocycles. The molecule has 0 aliphatic carbocycles. The lowest BCUT2D eigenvalue weighted by Gasteiger charge is -2.22. The summed E-state index contributed by atoms with van der Waals surface area (Å²) in [5, 5.41) is 3.39. The van der Waals surface area contributed by atoms with E-state index in [0.29, 0.717) is 0 Å². The molecule has 24 heavy (non-hydrogen) atoms. The average Bonchev–Trinajstić information content (AvgIpc) is 2.62. The molecule has 0 amide bonds. The number of anilines is 3. The first-order valence-electron chi connectivity index (χ1n) is 8.22. The molecule has 122 valence electrons. The first kappa shape index (κ1) is 16.0. The van der Waals surface area contributed by atoms with Crippen molar-refractivity contribution in [3.63, 3.8) is 0 Å². The molecule has 0 atom stereocenters. The summed E-state index contributed by atoms with van der Waals surface area (Å²) in [7, 11) is 0. The summed E-state index contributed by atoms with van der Waals surface area (Å²) in [4.78, 5) is 11.4. The Balaban J connectivity index is 1.83. The van der Waals surface area contributed by atoms with Crippen LogP contribution in [0.1, 0.15) is 18.2 Å². The highest BCUT2D eigenvalue weighted by atomic mass is 15.3. The molecular weight excluding hydrogens is 296 g/mol. The standard InChI is InChI=1S/C20H22N4/c1-3-24(18-12-8-5-9-13-18)20-22-16(2)14-19(23-20)21-15-17-10-6-4-7-11-17/h4-14H,3,15H2,1-2H3,(H,21,22,23). The number of nitrogens with zero attached hydrogens (tertiary/aromatic N) is 3. The van der Waals surface area contributed by atoms with Crippen molar-refractivity contribution >= 4 is 17.5 Å². The minimum absolute atomic E-state index is 0.722. The molecule has 0 aliphatic rings. The fourth-order valence-electron chi connectivity index (χ4n) is 2.60. The van der Waals surface area contributed by atoms with Crippen LogP contribution in [0.3, 0.4) is 0 Å². The Morgan fingerprint density at radius 3 is 2.25 bits per heavy atom. The van der Waals surface area contributed by atoms with Gasteiger partial charge in [0, 0.05) is 30.5 Å². The molecule has 2 aromatic carbocycles. The summed E-state index contributed by atoms with van der Waals surface area (Å²) in [6.45, 7) is 5.66. The fraction of sp³-hybridized carbons (Fsp3) is 0.200. The normalized spacial score (nSPS) is 10.4. The Hall–Kier alpha value is -2.88. The predicted molar refractivity (Wildman–Crippen MR) is 99.7 cm³/mol. The van der Waals surface area contributed by atoms with E-state index in [4.69, 9.17) is 4.98 Å². The Morgan fingerprint density at radius 1 is 0.917 bits per heavy atom. The zero-order chi connectivity index (χ0) is 16.8. The summed E-state index contributed by atoms with van der Waals surface area (Å²) < 4.78 is 0. The summed E-state index contributed by atoms with van der Waals surface area (Å²) in [5.41, 5.74) is 3.27. The molecular formula is C20H22N4. The van der Waals surface area contributed by atoms with Crippen LogP contribution in [0, 0.1) is 6.92 Å². The highest BCUT2D eigenvalue weighted by molar-refractivity contribution is 5.58. The van der Waals surface area contributed by atoms with Crippen LogP contribution in [0.2, 0.25) is 0 Å². The molecule has 1 aromatic heterocycles. The van der Waals surface area contributed by atoms with Crippen molar-refractivity contribution in [1.82, 2.24) is 9.97 Å². The van der Waals surface area contributed by atoms with Gasteiger partial charge in [0.05, 0.1) is 0 Å². The minimum atomic E-state index is 0.722. The van der Waals surface area contributed by atoms with Gasteiger partial charge in [0.25, 0.3) is 0 Å². The molecule has 0 unspecified atom stereocenters. The maximum atomic E-state index is 4.70.